The molecule has 19 heavy (non-hydrogen) atoms. The number of halogens is 2. The van der Waals surface area contributed by atoms with Gasteiger partial charge in [0.15, 0.2) is 0 Å². The first kappa shape index (κ1) is 20.7. The second-order valence-electron chi connectivity index (χ2n) is 2.46. The summed E-state index contributed by atoms with van der Waals surface area (Å²) in [6.07, 6.45) is 0. The minimum absolute atomic E-state index is 0.779. The molecule has 0 aliphatic rings. The van der Waals surface area contributed by atoms with Gasteiger partial charge in [-0.3, -0.25) is 18.2 Å². The van der Waals surface area contributed by atoms with E-state index in [9.17, 15) is 0 Å². The third-order valence-electron chi connectivity index (χ3n) is 0.951. The maximum Gasteiger partial charge on any atom is 0.394 e. The standard InChI is InChI=1S/C6H5Cl2N.2H2O4S/c7-9(8)6-4-2-1-3-5-6;2*1-5(2,3)4/h1-5H;2*(H2,1,2,3,4). The van der Waals surface area contributed by atoms with E-state index in [0.717, 1.165) is 9.63 Å². The highest BCUT2D eigenvalue weighted by Gasteiger charge is 1.93. The SMILES string of the molecule is ClN(Cl)c1ccccc1.O=S(=O)(O)O.O=S(=O)(O)O. The van der Waals surface area contributed by atoms with Gasteiger partial charge in [0.05, 0.1) is 5.69 Å². The van der Waals surface area contributed by atoms with E-state index in [4.69, 9.17) is 58.6 Å². The molecular formula is C6H9Cl2NO8S2. The molecule has 1 aromatic carbocycles. The third-order valence-corrected chi connectivity index (χ3v) is 1.34. The Balaban J connectivity index is 0. The Bertz CT molecular complexity index is 498. The summed E-state index contributed by atoms with van der Waals surface area (Å²) in [4.78, 5) is 0. The summed E-state index contributed by atoms with van der Waals surface area (Å²) < 4.78 is 64.2. The van der Waals surface area contributed by atoms with Gasteiger partial charge < -0.3 is 0 Å². The summed E-state index contributed by atoms with van der Waals surface area (Å²) in [6.45, 7) is 0. The smallest absolute Gasteiger partial charge is 0.264 e. The molecule has 0 saturated carbocycles. The highest BCUT2D eigenvalue weighted by molar-refractivity contribution is 7.80. The molecule has 0 aliphatic heterocycles. The number of para-hydroxylation sites is 1. The predicted molar refractivity (Wildman–Crippen MR) is 69.0 cm³/mol. The summed E-state index contributed by atoms with van der Waals surface area (Å²) in [5.74, 6) is 0. The fourth-order valence-corrected chi connectivity index (χ4v) is 0.766. The van der Waals surface area contributed by atoms with Gasteiger partial charge in [0.1, 0.15) is 0 Å². The molecule has 13 heteroatoms. The second kappa shape index (κ2) is 9.28. The topological polar surface area (TPSA) is 152 Å². The molecule has 0 amide bonds. The summed E-state index contributed by atoms with van der Waals surface area (Å²) in [5, 5.41) is 0. The molecule has 0 fully saturated rings. The molecule has 1 aromatic rings. The van der Waals surface area contributed by atoms with Crippen molar-refractivity contribution < 1.29 is 35.0 Å². The van der Waals surface area contributed by atoms with Crippen LogP contribution in [0, 0.1) is 0 Å². The predicted octanol–water partition coefficient (Wildman–Crippen LogP) is 1.50. The van der Waals surface area contributed by atoms with Crippen LogP contribution in [0.4, 0.5) is 5.69 Å². The first-order chi connectivity index (χ1) is 8.30. The number of benzene rings is 1. The van der Waals surface area contributed by atoms with Crippen molar-refractivity contribution in [3.63, 3.8) is 0 Å². The lowest BCUT2D eigenvalue weighted by Crippen LogP contribution is -1.89. The zero-order valence-electron chi connectivity index (χ0n) is 8.83. The van der Waals surface area contributed by atoms with Gasteiger partial charge in [0.25, 0.3) is 0 Å². The average Bonchev–Trinajstić information content (AvgIpc) is 2.13. The molecule has 0 spiro atoms. The van der Waals surface area contributed by atoms with Crippen LogP contribution in [0.15, 0.2) is 30.3 Å². The third kappa shape index (κ3) is 31.7. The van der Waals surface area contributed by atoms with E-state index in [-0.39, 0.29) is 0 Å². The van der Waals surface area contributed by atoms with E-state index in [0.29, 0.717) is 0 Å². The van der Waals surface area contributed by atoms with Gasteiger partial charge >= 0.3 is 20.8 Å². The van der Waals surface area contributed by atoms with Crippen molar-refractivity contribution in [3.05, 3.63) is 30.3 Å². The van der Waals surface area contributed by atoms with Crippen molar-refractivity contribution in [1.29, 1.82) is 0 Å². The Morgan fingerprint density at radius 3 is 1.21 bits per heavy atom. The van der Waals surface area contributed by atoms with Crippen molar-refractivity contribution in [2.24, 2.45) is 0 Å². The molecule has 0 unspecified atom stereocenters. The minimum Gasteiger partial charge on any atom is -0.264 e. The Kier molecular flexibility index (Phi) is 10.1. The van der Waals surface area contributed by atoms with Gasteiger partial charge in [-0.2, -0.15) is 20.8 Å². The molecule has 1 rings (SSSR count). The van der Waals surface area contributed by atoms with Gasteiger partial charge in [-0.15, -0.1) is 0 Å². The normalized spacial score (nSPS) is 10.4. The van der Waals surface area contributed by atoms with E-state index in [1.165, 1.54) is 0 Å². The molecule has 0 radical (unpaired) electrons. The van der Waals surface area contributed by atoms with Gasteiger partial charge in [0.2, 0.25) is 0 Å². The van der Waals surface area contributed by atoms with E-state index in [1.54, 1.807) is 0 Å². The lowest BCUT2D eigenvalue weighted by molar-refractivity contribution is 0.378. The highest BCUT2D eigenvalue weighted by atomic mass is 35.5. The van der Waals surface area contributed by atoms with Gasteiger partial charge in [-0.05, 0) is 12.1 Å². The van der Waals surface area contributed by atoms with E-state index < -0.39 is 20.8 Å². The van der Waals surface area contributed by atoms with E-state index >= 15 is 0 Å². The molecule has 112 valence electrons. The molecule has 0 bridgehead atoms. The lowest BCUT2D eigenvalue weighted by atomic mass is 10.3. The Morgan fingerprint density at radius 2 is 1.05 bits per heavy atom. The van der Waals surface area contributed by atoms with Crippen LogP contribution in [-0.4, -0.2) is 35.0 Å². The summed E-state index contributed by atoms with van der Waals surface area (Å²) in [7, 11) is -9.33. The van der Waals surface area contributed by atoms with Gasteiger partial charge in [-0.25, -0.2) is 0 Å². The maximum atomic E-state index is 8.74. The van der Waals surface area contributed by atoms with Crippen molar-refractivity contribution in [3.8, 4) is 0 Å². The molecule has 0 aliphatic carbocycles. The van der Waals surface area contributed by atoms with Crippen molar-refractivity contribution in [1.82, 2.24) is 0 Å². The van der Waals surface area contributed by atoms with E-state index in [2.05, 4.69) is 0 Å². The van der Waals surface area contributed by atoms with Crippen LogP contribution in [0.2, 0.25) is 0 Å². The lowest BCUT2D eigenvalue weighted by Gasteiger charge is -2.02. The Labute approximate surface area is 119 Å². The van der Waals surface area contributed by atoms with Gasteiger partial charge in [-0.1, -0.05) is 18.2 Å². The Morgan fingerprint density at radius 1 is 0.789 bits per heavy atom. The molecule has 0 heterocycles. The largest absolute Gasteiger partial charge is 0.394 e. The zero-order chi connectivity index (χ0) is 15.7. The fourth-order valence-electron chi connectivity index (χ4n) is 0.541. The molecule has 0 aromatic heterocycles. The number of nitrogens with zero attached hydrogens (tertiary/aromatic N) is 1. The number of hydrogen-bond donors (Lipinski definition) is 4. The molecule has 0 saturated heterocycles. The van der Waals surface area contributed by atoms with Crippen LogP contribution in [0.25, 0.3) is 0 Å². The fraction of sp³-hybridized carbons (Fsp3) is 0. The first-order valence-corrected chi connectivity index (χ1v) is 7.34. The van der Waals surface area contributed by atoms with Crippen LogP contribution >= 0.6 is 23.6 Å². The molecule has 9 nitrogen and oxygen atoms in total. The van der Waals surface area contributed by atoms with Gasteiger partial charge in [0, 0.05) is 23.6 Å². The molecule has 0 atom stereocenters. The quantitative estimate of drug-likeness (QED) is 0.432. The zero-order valence-corrected chi connectivity index (χ0v) is 12.0. The maximum absolute atomic E-state index is 8.74. The highest BCUT2D eigenvalue weighted by Crippen LogP contribution is 2.16. The van der Waals surface area contributed by atoms with E-state index in [1.807, 2.05) is 30.3 Å². The number of anilines is 1. The monoisotopic (exact) mass is 357 g/mol. The van der Waals surface area contributed by atoms with Crippen LogP contribution in [-0.2, 0) is 20.8 Å². The number of rotatable bonds is 1. The average molecular weight is 358 g/mol. The van der Waals surface area contributed by atoms with Crippen LogP contribution in [0.5, 0.6) is 0 Å². The van der Waals surface area contributed by atoms with Crippen LogP contribution in [0.3, 0.4) is 0 Å². The van der Waals surface area contributed by atoms with Crippen LogP contribution in [0.1, 0.15) is 0 Å². The second-order valence-corrected chi connectivity index (χ2v) is 5.10. The molecule has 4 N–H and O–H groups in total. The van der Waals surface area contributed by atoms with Crippen molar-refractivity contribution in [2.75, 3.05) is 3.94 Å². The first-order valence-electron chi connectivity index (χ1n) is 3.87. The van der Waals surface area contributed by atoms with Crippen molar-refractivity contribution >= 4 is 50.0 Å². The van der Waals surface area contributed by atoms with Crippen molar-refractivity contribution in [2.45, 2.75) is 0 Å². The molecular weight excluding hydrogens is 349 g/mol. The Hall–Kier alpha value is -0.660. The number of hydrogen-bond acceptors (Lipinski definition) is 5. The minimum atomic E-state index is -4.67. The summed E-state index contributed by atoms with van der Waals surface area (Å²) >= 11 is 10.8. The van der Waals surface area contributed by atoms with Crippen LogP contribution < -0.4 is 3.94 Å². The summed E-state index contributed by atoms with van der Waals surface area (Å²) in [5.41, 5.74) is 0.779. The summed E-state index contributed by atoms with van der Waals surface area (Å²) in [6, 6.07) is 9.28.